The molecule has 7 heteroatoms. The third-order valence-electron chi connectivity index (χ3n) is 4.84. The molecule has 1 saturated heterocycles. The van der Waals surface area contributed by atoms with E-state index in [1.807, 2.05) is 19.1 Å². The molecule has 0 aromatic heterocycles. The molecule has 29 heavy (non-hydrogen) atoms. The number of ketones is 1. The highest BCUT2D eigenvalue weighted by molar-refractivity contribution is 9.10. The minimum absolute atomic E-state index is 0.0106. The van der Waals surface area contributed by atoms with E-state index >= 15 is 0 Å². The van der Waals surface area contributed by atoms with Crippen LogP contribution in [0.5, 0.6) is 0 Å². The fourth-order valence-corrected chi connectivity index (χ4v) is 3.63. The Morgan fingerprint density at radius 3 is 2.24 bits per heavy atom. The maximum atomic E-state index is 12.8. The van der Waals surface area contributed by atoms with Gasteiger partial charge in [-0.05, 0) is 31.0 Å². The molecule has 0 bridgehead atoms. The molecule has 1 atom stereocenters. The number of carbonyl (C=O) groups is 3. The van der Waals surface area contributed by atoms with Gasteiger partial charge in [0.15, 0.2) is 0 Å². The maximum absolute atomic E-state index is 12.8. The van der Waals surface area contributed by atoms with Crippen LogP contribution < -0.4 is 0 Å². The van der Waals surface area contributed by atoms with Crippen molar-refractivity contribution in [1.29, 1.82) is 0 Å². The van der Waals surface area contributed by atoms with Crippen LogP contribution in [0.3, 0.4) is 0 Å². The number of carbonyl (C=O) groups excluding carboxylic acids is 2. The lowest BCUT2D eigenvalue weighted by Gasteiger charge is -2.25. The predicted molar refractivity (Wildman–Crippen MR) is 111 cm³/mol. The molecule has 0 saturated carbocycles. The summed E-state index contributed by atoms with van der Waals surface area (Å²) in [6.45, 7) is 2.01. The van der Waals surface area contributed by atoms with E-state index in [9.17, 15) is 19.5 Å². The van der Waals surface area contributed by atoms with Gasteiger partial charge in [0, 0.05) is 23.0 Å². The van der Waals surface area contributed by atoms with Crippen molar-refractivity contribution >= 4 is 39.3 Å². The summed E-state index contributed by atoms with van der Waals surface area (Å²) in [5.41, 5.74) is 2.12. The highest BCUT2D eigenvalue weighted by Crippen LogP contribution is 2.39. The van der Waals surface area contributed by atoms with Gasteiger partial charge < -0.3 is 15.1 Å². The number of likely N-dealkylation sites (tertiary alicyclic amines) is 1. The number of benzene rings is 2. The Kier molecular flexibility index (Phi) is 6.17. The van der Waals surface area contributed by atoms with E-state index in [1.54, 1.807) is 36.4 Å². The van der Waals surface area contributed by atoms with Crippen molar-refractivity contribution in [1.82, 2.24) is 4.90 Å². The van der Waals surface area contributed by atoms with Crippen molar-refractivity contribution in [3.05, 3.63) is 75.3 Å². The summed E-state index contributed by atoms with van der Waals surface area (Å²) < 4.78 is 0.836. The number of nitrogens with zero attached hydrogens (tertiary/aromatic N) is 1. The first-order chi connectivity index (χ1) is 13.8. The second-order valence-electron chi connectivity index (χ2n) is 6.91. The Morgan fingerprint density at radius 2 is 1.66 bits per heavy atom. The topological polar surface area (TPSA) is 94.9 Å². The van der Waals surface area contributed by atoms with E-state index in [2.05, 4.69) is 15.9 Å². The normalized spacial score (nSPS) is 18.3. The number of aliphatic hydroxyl groups excluding tert-OH is 1. The lowest BCUT2D eigenvalue weighted by Crippen LogP contribution is -2.31. The number of amides is 1. The Labute approximate surface area is 176 Å². The Bertz CT molecular complexity index is 979. The fraction of sp³-hybridized carbons (Fsp3) is 0.227. The predicted octanol–water partition coefficient (Wildman–Crippen LogP) is 4.04. The molecule has 1 heterocycles. The molecule has 1 fully saturated rings. The van der Waals surface area contributed by atoms with Gasteiger partial charge in [-0.2, -0.15) is 0 Å². The number of carboxylic acid groups (broad SMARTS) is 1. The first-order valence-corrected chi connectivity index (χ1v) is 9.91. The van der Waals surface area contributed by atoms with E-state index in [4.69, 9.17) is 5.11 Å². The molecular formula is C22H20BrNO5. The molecule has 0 radical (unpaired) electrons. The van der Waals surface area contributed by atoms with Crippen molar-refractivity contribution in [2.45, 2.75) is 25.8 Å². The monoisotopic (exact) mass is 457 g/mol. The van der Waals surface area contributed by atoms with E-state index in [1.165, 1.54) is 4.90 Å². The lowest BCUT2D eigenvalue weighted by molar-refractivity contribution is -0.140. The number of Topliss-reactive ketones (excluding diaryl/α,β-unsaturated/α-hetero) is 1. The van der Waals surface area contributed by atoms with E-state index < -0.39 is 23.7 Å². The Morgan fingerprint density at radius 1 is 1.03 bits per heavy atom. The van der Waals surface area contributed by atoms with E-state index in [-0.39, 0.29) is 30.7 Å². The smallest absolute Gasteiger partial charge is 0.303 e. The summed E-state index contributed by atoms with van der Waals surface area (Å²) in [4.78, 5) is 37.7. The van der Waals surface area contributed by atoms with Crippen molar-refractivity contribution in [3.8, 4) is 0 Å². The zero-order chi connectivity index (χ0) is 21.1. The van der Waals surface area contributed by atoms with Crippen LogP contribution in [0.2, 0.25) is 0 Å². The van der Waals surface area contributed by atoms with Crippen LogP contribution in [0.4, 0.5) is 0 Å². The fourth-order valence-electron chi connectivity index (χ4n) is 3.37. The third kappa shape index (κ3) is 4.40. The number of carboxylic acids is 1. The van der Waals surface area contributed by atoms with Gasteiger partial charge in [-0.3, -0.25) is 14.4 Å². The summed E-state index contributed by atoms with van der Waals surface area (Å²) in [7, 11) is 0. The first kappa shape index (κ1) is 20.8. The Hall–Kier alpha value is -2.93. The zero-order valence-electron chi connectivity index (χ0n) is 15.8. The van der Waals surface area contributed by atoms with Gasteiger partial charge in [0.1, 0.15) is 5.76 Å². The Balaban J connectivity index is 2.08. The van der Waals surface area contributed by atoms with Crippen molar-refractivity contribution < 1.29 is 24.6 Å². The third-order valence-corrected chi connectivity index (χ3v) is 5.37. The molecule has 1 aliphatic rings. The zero-order valence-corrected chi connectivity index (χ0v) is 17.3. The van der Waals surface area contributed by atoms with E-state index in [0.29, 0.717) is 11.1 Å². The summed E-state index contributed by atoms with van der Waals surface area (Å²) in [5, 5.41) is 19.8. The van der Waals surface area contributed by atoms with Gasteiger partial charge >= 0.3 is 5.97 Å². The molecule has 1 aliphatic heterocycles. The summed E-state index contributed by atoms with van der Waals surface area (Å²) >= 11 is 3.36. The molecule has 2 N–H and O–H groups in total. The maximum Gasteiger partial charge on any atom is 0.303 e. The number of aliphatic hydroxyl groups is 1. The molecular weight excluding hydrogens is 438 g/mol. The number of hydrogen-bond donors (Lipinski definition) is 2. The van der Waals surface area contributed by atoms with E-state index in [0.717, 1.165) is 10.0 Å². The van der Waals surface area contributed by atoms with Crippen LogP contribution in [0.15, 0.2) is 58.6 Å². The van der Waals surface area contributed by atoms with Gasteiger partial charge in [-0.25, -0.2) is 0 Å². The van der Waals surface area contributed by atoms with Gasteiger partial charge in [0.2, 0.25) is 0 Å². The highest BCUT2D eigenvalue weighted by Gasteiger charge is 2.45. The molecule has 0 spiro atoms. The highest BCUT2D eigenvalue weighted by atomic mass is 79.9. The standard InChI is InChI=1S/C22H20BrNO5/c1-13-4-6-15(7-5-13)20(27)18-19(14-8-10-16(23)11-9-14)24(22(29)21(18)28)12-2-3-17(25)26/h4-11,19,27H,2-3,12H2,1H3,(H,25,26)/b20-18-. The van der Waals surface area contributed by atoms with Gasteiger partial charge in [0.05, 0.1) is 11.6 Å². The average Bonchev–Trinajstić information content (AvgIpc) is 2.93. The van der Waals surface area contributed by atoms with Crippen LogP contribution in [0.25, 0.3) is 5.76 Å². The van der Waals surface area contributed by atoms with Crippen molar-refractivity contribution in [3.63, 3.8) is 0 Å². The van der Waals surface area contributed by atoms with Crippen LogP contribution in [-0.4, -0.2) is 39.3 Å². The lowest BCUT2D eigenvalue weighted by atomic mass is 9.95. The first-order valence-electron chi connectivity index (χ1n) is 9.12. The molecule has 150 valence electrons. The molecule has 6 nitrogen and oxygen atoms in total. The van der Waals surface area contributed by atoms with Gasteiger partial charge in [0.25, 0.3) is 11.7 Å². The number of aryl methyl sites for hydroxylation is 1. The van der Waals surface area contributed by atoms with Crippen LogP contribution in [-0.2, 0) is 14.4 Å². The van der Waals surface area contributed by atoms with Crippen molar-refractivity contribution in [2.75, 3.05) is 6.54 Å². The number of rotatable bonds is 6. The second-order valence-corrected chi connectivity index (χ2v) is 7.82. The second kappa shape index (κ2) is 8.61. The average molecular weight is 458 g/mol. The molecule has 0 aliphatic carbocycles. The minimum Gasteiger partial charge on any atom is -0.507 e. The van der Waals surface area contributed by atoms with Crippen LogP contribution >= 0.6 is 15.9 Å². The number of aliphatic carboxylic acids is 1. The summed E-state index contributed by atoms with van der Waals surface area (Å²) in [6, 6.07) is 13.4. The molecule has 2 aromatic carbocycles. The quantitative estimate of drug-likeness (QED) is 0.387. The molecule has 1 unspecified atom stereocenters. The summed E-state index contributed by atoms with van der Waals surface area (Å²) in [6.07, 6.45) is 0.0912. The molecule has 1 amide bonds. The van der Waals surface area contributed by atoms with Gasteiger partial charge in [-0.1, -0.05) is 57.9 Å². The van der Waals surface area contributed by atoms with Crippen LogP contribution in [0, 0.1) is 6.92 Å². The number of hydrogen-bond acceptors (Lipinski definition) is 4. The molecule has 3 rings (SSSR count). The van der Waals surface area contributed by atoms with Crippen LogP contribution in [0.1, 0.15) is 35.6 Å². The SMILES string of the molecule is Cc1ccc(/C(O)=C2/C(=O)C(=O)N(CCCC(=O)O)C2c2ccc(Br)cc2)cc1. The largest absolute Gasteiger partial charge is 0.507 e. The van der Waals surface area contributed by atoms with Crippen molar-refractivity contribution in [2.24, 2.45) is 0 Å². The minimum atomic E-state index is -0.971. The van der Waals surface area contributed by atoms with Gasteiger partial charge in [-0.15, -0.1) is 0 Å². The molecule has 2 aromatic rings. The number of halogens is 1. The summed E-state index contributed by atoms with van der Waals surface area (Å²) in [5.74, 6) is -2.72.